The van der Waals surface area contributed by atoms with Crippen LogP contribution in [-0.4, -0.2) is 39.7 Å². The summed E-state index contributed by atoms with van der Waals surface area (Å²) in [4.78, 5) is 62.6. The molecule has 3 atom stereocenters. The maximum absolute atomic E-state index is 13.4. The number of carbonyl (C=O) groups excluding carboxylic acids is 4. The number of urea groups is 1. The molecule has 0 radical (unpaired) electrons. The van der Waals surface area contributed by atoms with Crippen molar-refractivity contribution in [2.45, 2.75) is 31.7 Å². The summed E-state index contributed by atoms with van der Waals surface area (Å²) >= 11 is 3.35. The summed E-state index contributed by atoms with van der Waals surface area (Å²) in [5, 5.41) is 13.1. The first kappa shape index (κ1) is 25.5. The van der Waals surface area contributed by atoms with Crippen LogP contribution in [-0.2, 0) is 14.4 Å². The standard InChI is InChI=1S/C27H22BrN3O7/c28-19-6-9-23(38-24(32)10-4-15-2-7-20(8-3-15)31(36)37)18(13-19)14-21-25(33)29-27(35)30(26(21)34)22-12-16-1-5-17(22)11-16/h2-4,6-10,13-14,16-17,22H,1,5,11-12H2,(H,29,33,35)/b10-4+,21-14-/t16-,17-,22+/m0/s1. The van der Waals surface area contributed by atoms with E-state index in [0.29, 0.717) is 16.0 Å². The van der Waals surface area contributed by atoms with Gasteiger partial charge >= 0.3 is 12.0 Å². The number of nitro groups is 1. The van der Waals surface area contributed by atoms with Gasteiger partial charge in [-0.1, -0.05) is 22.4 Å². The Hall–Kier alpha value is -4.12. The Labute approximate surface area is 225 Å². The average Bonchev–Trinajstić information content (AvgIpc) is 3.51. The largest absolute Gasteiger partial charge is 0.423 e. The molecule has 2 aliphatic carbocycles. The quantitative estimate of drug-likeness (QED) is 0.131. The number of halogens is 1. The first-order valence-electron chi connectivity index (χ1n) is 12.0. The van der Waals surface area contributed by atoms with Crippen LogP contribution in [0.15, 0.2) is 58.6 Å². The second kappa shape index (κ2) is 10.3. The second-order valence-electron chi connectivity index (χ2n) is 9.52. The zero-order valence-corrected chi connectivity index (χ0v) is 21.6. The molecule has 1 N–H and O–H groups in total. The molecule has 3 fully saturated rings. The van der Waals surface area contributed by atoms with E-state index in [4.69, 9.17) is 4.74 Å². The molecule has 38 heavy (non-hydrogen) atoms. The SMILES string of the molecule is O=C(/C=C/c1ccc([N+](=O)[O-])cc1)Oc1ccc(Br)cc1/C=C1/C(=O)NC(=O)N([C@@H]2C[C@H]3CC[C@H]2C3)C1=O. The number of esters is 1. The van der Waals surface area contributed by atoms with Crippen molar-refractivity contribution in [1.82, 2.24) is 10.2 Å². The minimum Gasteiger partial charge on any atom is -0.423 e. The van der Waals surface area contributed by atoms with Gasteiger partial charge in [-0.05, 0) is 79.1 Å². The minimum atomic E-state index is -0.810. The fourth-order valence-corrected chi connectivity index (χ4v) is 5.77. The van der Waals surface area contributed by atoms with E-state index in [-0.39, 0.29) is 34.5 Å². The van der Waals surface area contributed by atoms with E-state index in [0.717, 1.165) is 31.8 Å². The Morgan fingerprint density at radius 2 is 1.87 bits per heavy atom. The Balaban J connectivity index is 1.37. The molecule has 2 aromatic rings. The third kappa shape index (κ3) is 5.14. The van der Waals surface area contributed by atoms with Crippen LogP contribution in [0.1, 0.15) is 36.8 Å². The van der Waals surface area contributed by atoms with Gasteiger partial charge in [0, 0.05) is 34.3 Å². The van der Waals surface area contributed by atoms with Crippen molar-refractivity contribution in [2.24, 2.45) is 11.8 Å². The zero-order valence-electron chi connectivity index (χ0n) is 20.0. The number of imide groups is 2. The Kier molecular flexibility index (Phi) is 6.94. The van der Waals surface area contributed by atoms with Gasteiger partial charge in [0.15, 0.2) is 0 Å². The number of nitro benzene ring substituents is 1. The molecule has 2 aromatic carbocycles. The summed E-state index contributed by atoms with van der Waals surface area (Å²) < 4.78 is 6.08. The Bertz CT molecular complexity index is 1420. The van der Waals surface area contributed by atoms with E-state index in [2.05, 4.69) is 21.2 Å². The summed E-state index contributed by atoms with van der Waals surface area (Å²) in [7, 11) is 0. The molecule has 4 amide bonds. The molecule has 0 unspecified atom stereocenters. The van der Waals surface area contributed by atoms with Crippen molar-refractivity contribution in [3.63, 3.8) is 0 Å². The smallest absolute Gasteiger partial charge is 0.336 e. The van der Waals surface area contributed by atoms with E-state index >= 15 is 0 Å². The van der Waals surface area contributed by atoms with Crippen LogP contribution in [0.4, 0.5) is 10.5 Å². The third-order valence-corrected chi connectivity index (χ3v) is 7.66. The fraction of sp³-hybridized carbons (Fsp3) is 0.259. The Morgan fingerprint density at radius 1 is 1.11 bits per heavy atom. The molecule has 10 nitrogen and oxygen atoms in total. The number of hydrogen-bond donors (Lipinski definition) is 1. The topological polar surface area (TPSA) is 136 Å². The van der Waals surface area contributed by atoms with Crippen LogP contribution in [0, 0.1) is 22.0 Å². The van der Waals surface area contributed by atoms with E-state index in [1.807, 2.05) is 0 Å². The van der Waals surface area contributed by atoms with Gasteiger partial charge in [0.2, 0.25) is 0 Å². The number of nitrogens with zero attached hydrogens (tertiary/aromatic N) is 2. The number of carbonyl (C=O) groups is 4. The number of rotatable bonds is 6. The molecule has 0 aromatic heterocycles. The lowest BCUT2D eigenvalue weighted by Gasteiger charge is -2.35. The predicted molar refractivity (Wildman–Crippen MR) is 140 cm³/mol. The molecule has 1 saturated heterocycles. The number of amides is 4. The highest BCUT2D eigenvalue weighted by atomic mass is 79.9. The van der Waals surface area contributed by atoms with Gasteiger partial charge in [0.05, 0.1) is 4.92 Å². The summed E-state index contributed by atoms with van der Waals surface area (Å²) in [6, 6.07) is 9.43. The van der Waals surface area contributed by atoms with Crippen molar-refractivity contribution in [2.75, 3.05) is 0 Å². The number of ether oxygens (including phenoxy) is 1. The van der Waals surface area contributed by atoms with Gasteiger partial charge < -0.3 is 4.74 Å². The number of benzene rings is 2. The molecular formula is C27H22BrN3O7. The molecule has 2 saturated carbocycles. The fourth-order valence-electron chi connectivity index (χ4n) is 5.39. The van der Waals surface area contributed by atoms with Gasteiger partial charge in [-0.3, -0.25) is 29.9 Å². The molecular weight excluding hydrogens is 558 g/mol. The third-order valence-electron chi connectivity index (χ3n) is 7.16. The van der Waals surface area contributed by atoms with Crippen molar-refractivity contribution in [1.29, 1.82) is 0 Å². The van der Waals surface area contributed by atoms with Crippen LogP contribution in [0.3, 0.4) is 0 Å². The lowest BCUT2D eigenvalue weighted by molar-refractivity contribution is -0.384. The van der Waals surface area contributed by atoms with Gasteiger partial charge in [-0.25, -0.2) is 9.59 Å². The van der Waals surface area contributed by atoms with Gasteiger partial charge in [-0.2, -0.15) is 0 Å². The molecule has 194 valence electrons. The average molecular weight is 580 g/mol. The highest BCUT2D eigenvalue weighted by Gasteiger charge is 2.49. The van der Waals surface area contributed by atoms with E-state index < -0.39 is 28.7 Å². The van der Waals surface area contributed by atoms with Crippen LogP contribution in [0.2, 0.25) is 0 Å². The highest BCUT2D eigenvalue weighted by Crippen LogP contribution is 2.47. The predicted octanol–water partition coefficient (Wildman–Crippen LogP) is 4.63. The second-order valence-corrected chi connectivity index (χ2v) is 10.4. The molecule has 5 rings (SSSR count). The first-order valence-corrected chi connectivity index (χ1v) is 12.8. The Morgan fingerprint density at radius 3 is 2.53 bits per heavy atom. The van der Waals surface area contributed by atoms with Crippen LogP contribution in [0.25, 0.3) is 12.2 Å². The van der Waals surface area contributed by atoms with Crippen LogP contribution < -0.4 is 10.1 Å². The van der Waals surface area contributed by atoms with Crippen LogP contribution >= 0.6 is 15.9 Å². The summed E-state index contributed by atoms with van der Waals surface area (Å²) in [6.45, 7) is 0. The monoisotopic (exact) mass is 579 g/mol. The zero-order chi connectivity index (χ0) is 27.0. The maximum Gasteiger partial charge on any atom is 0.336 e. The molecule has 2 bridgehead atoms. The molecule has 1 heterocycles. The van der Waals surface area contributed by atoms with Crippen molar-refractivity contribution in [3.05, 3.63) is 79.8 Å². The number of hydrogen-bond acceptors (Lipinski definition) is 7. The normalized spacial score (nSPS) is 23.8. The van der Waals surface area contributed by atoms with E-state index in [9.17, 15) is 29.3 Å². The van der Waals surface area contributed by atoms with Gasteiger partial charge in [0.25, 0.3) is 17.5 Å². The number of nitrogens with one attached hydrogen (secondary N) is 1. The number of non-ortho nitro benzene ring substituents is 1. The summed E-state index contributed by atoms with van der Waals surface area (Å²) in [5.41, 5.74) is 0.557. The molecule has 11 heteroatoms. The highest BCUT2D eigenvalue weighted by molar-refractivity contribution is 9.10. The van der Waals surface area contributed by atoms with Crippen molar-refractivity contribution >= 4 is 57.6 Å². The molecule has 3 aliphatic rings. The lowest BCUT2D eigenvalue weighted by Crippen LogP contribution is -2.58. The van der Waals surface area contributed by atoms with Crippen LogP contribution in [0.5, 0.6) is 5.75 Å². The van der Waals surface area contributed by atoms with Gasteiger partial charge in [0.1, 0.15) is 11.3 Å². The van der Waals surface area contributed by atoms with Crippen molar-refractivity contribution in [3.8, 4) is 5.75 Å². The van der Waals surface area contributed by atoms with Crippen molar-refractivity contribution < 1.29 is 28.8 Å². The molecule has 1 aliphatic heterocycles. The summed E-state index contributed by atoms with van der Waals surface area (Å²) in [6.07, 6.45) is 7.70. The molecule has 0 spiro atoms. The van der Waals surface area contributed by atoms with E-state index in [1.165, 1.54) is 47.4 Å². The number of barbiturate groups is 1. The van der Waals surface area contributed by atoms with Gasteiger partial charge in [-0.15, -0.1) is 0 Å². The number of fused-ring (bicyclic) bond motifs is 2. The first-order chi connectivity index (χ1) is 18.2. The maximum atomic E-state index is 13.4. The minimum absolute atomic E-state index is 0.0701. The summed E-state index contributed by atoms with van der Waals surface area (Å²) in [5.74, 6) is -1.37. The van der Waals surface area contributed by atoms with E-state index in [1.54, 1.807) is 12.1 Å². The lowest BCUT2D eigenvalue weighted by atomic mass is 9.93.